The Kier molecular flexibility index (Phi) is 5.88. The van der Waals surface area contributed by atoms with Gasteiger partial charge in [-0.25, -0.2) is 0 Å². The number of rotatable bonds is 6. The normalized spacial score (nSPS) is 10.4. The molecule has 5 heteroatoms. The third-order valence-corrected chi connectivity index (χ3v) is 5.26. The number of ketones is 1. The molecule has 0 bridgehead atoms. The van der Waals surface area contributed by atoms with Gasteiger partial charge in [0.05, 0.1) is 21.2 Å². The smallest absolute Gasteiger partial charge is 0.183 e. The molecule has 2 nitrogen and oxygen atoms in total. The minimum absolute atomic E-state index is 0.139. The molecule has 0 aliphatic carbocycles. The van der Waals surface area contributed by atoms with Crippen LogP contribution in [-0.4, -0.2) is 20.7 Å². The topological polar surface area (TPSA) is 30.0 Å². The van der Waals surface area contributed by atoms with Gasteiger partial charge in [0.25, 0.3) is 0 Å². The lowest BCUT2D eigenvalue weighted by Crippen LogP contribution is -2.02. The lowest BCUT2D eigenvalue weighted by atomic mass is 10.3. The van der Waals surface area contributed by atoms with Crippen molar-refractivity contribution < 1.29 is 4.79 Å². The quantitative estimate of drug-likeness (QED) is 0.562. The van der Waals surface area contributed by atoms with Gasteiger partial charge in [0, 0.05) is 10.4 Å². The molecule has 2 heterocycles. The van der Waals surface area contributed by atoms with E-state index < -0.39 is 0 Å². The Morgan fingerprint density at radius 3 is 2.90 bits per heavy atom. The van der Waals surface area contributed by atoms with Gasteiger partial charge >= 0.3 is 0 Å². The van der Waals surface area contributed by atoms with E-state index in [1.807, 2.05) is 30.3 Å². The Hall–Kier alpha value is -1.04. The van der Waals surface area contributed by atoms with Gasteiger partial charge in [-0.05, 0) is 30.7 Å². The molecule has 2 aromatic heterocycles. The number of Topliss-reactive ketones (excluding diaryl/α,β-unsaturated/α-hetero) is 1. The Balaban J connectivity index is 1.98. The van der Waals surface area contributed by atoms with E-state index in [4.69, 9.17) is 12.2 Å². The molecule has 20 heavy (non-hydrogen) atoms. The molecular weight excluding hydrogens is 306 g/mol. The summed E-state index contributed by atoms with van der Waals surface area (Å²) in [6.07, 6.45) is 3.69. The third kappa shape index (κ3) is 4.23. The lowest BCUT2D eigenvalue weighted by Gasteiger charge is -2.00. The van der Waals surface area contributed by atoms with Crippen LogP contribution in [0.2, 0.25) is 0 Å². The number of thioether (sulfide) groups is 1. The third-order valence-electron chi connectivity index (χ3n) is 2.62. The maximum absolute atomic E-state index is 12.1. The van der Waals surface area contributed by atoms with Crippen LogP contribution in [-0.2, 0) is 0 Å². The first-order valence-electron chi connectivity index (χ1n) is 6.40. The molecule has 104 valence electrons. The second-order valence-corrected chi connectivity index (χ2v) is 7.12. The fraction of sp³-hybridized carbons (Fsp3) is 0.267. The van der Waals surface area contributed by atoms with Crippen LogP contribution >= 0.6 is 35.3 Å². The van der Waals surface area contributed by atoms with Crippen LogP contribution in [0.5, 0.6) is 0 Å². The van der Waals surface area contributed by atoms with Gasteiger partial charge in [-0.15, -0.1) is 23.1 Å². The van der Waals surface area contributed by atoms with Gasteiger partial charge < -0.3 is 0 Å². The summed E-state index contributed by atoms with van der Waals surface area (Å²) < 4.78 is 0.919. The van der Waals surface area contributed by atoms with Crippen LogP contribution in [0.15, 0.2) is 36.5 Å². The molecule has 0 atom stereocenters. The predicted molar refractivity (Wildman–Crippen MR) is 91.8 cm³/mol. The number of carbonyl (C=O) groups is 1. The zero-order valence-electron chi connectivity index (χ0n) is 11.2. The van der Waals surface area contributed by atoms with Crippen LogP contribution in [0.3, 0.4) is 0 Å². The number of nitrogens with zero attached hydrogens (tertiary/aromatic N) is 1. The average Bonchev–Trinajstić information content (AvgIpc) is 2.96. The molecule has 0 saturated heterocycles. The molecule has 0 saturated carbocycles. The van der Waals surface area contributed by atoms with Crippen molar-refractivity contribution in [1.82, 2.24) is 4.98 Å². The summed E-state index contributed by atoms with van der Waals surface area (Å²) >= 11 is 8.18. The minimum Gasteiger partial charge on any atom is -0.292 e. The molecule has 0 aromatic carbocycles. The van der Waals surface area contributed by atoms with Crippen molar-refractivity contribution in [3.8, 4) is 10.6 Å². The molecule has 2 rings (SSSR count). The largest absolute Gasteiger partial charge is 0.292 e. The van der Waals surface area contributed by atoms with Gasteiger partial charge in [-0.1, -0.05) is 31.6 Å². The van der Waals surface area contributed by atoms with Gasteiger partial charge in [-0.3, -0.25) is 9.78 Å². The van der Waals surface area contributed by atoms with E-state index >= 15 is 0 Å². The minimum atomic E-state index is 0.139. The highest BCUT2D eigenvalue weighted by Gasteiger charge is 2.11. The molecule has 0 unspecified atom stereocenters. The maximum Gasteiger partial charge on any atom is 0.183 e. The summed E-state index contributed by atoms with van der Waals surface area (Å²) in [5.41, 5.74) is 0.908. The number of aromatic nitrogens is 1. The highest BCUT2D eigenvalue weighted by molar-refractivity contribution is 8.23. The average molecular weight is 321 g/mol. The first-order chi connectivity index (χ1) is 9.70. The lowest BCUT2D eigenvalue weighted by molar-refractivity contribution is 0.102. The van der Waals surface area contributed by atoms with Crippen molar-refractivity contribution in [2.24, 2.45) is 0 Å². The molecule has 0 radical (unpaired) electrons. The molecular formula is C15H15NOS3. The van der Waals surface area contributed by atoms with E-state index in [9.17, 15) is 4.79 Å². The van der Waals surface area contributed by atoms with Crippen molar-refractivity contribution in [2.75, 3.05) is 5.75 Å². The fourth-order valence-electron chi connectivity index (χ4n) is 1.63. The van der Waals surface area contributed by atoms with E-state index in [0.717, 1.165) is 32.5 Å². The van der Waals surface area contributed by atoms with Crippen molar-refractivity contribution in [2.45, 2.75) is 19.8 Å². The number of carbonyl (C=O) groups excluding carboxylic acids is 1. The summed E-state index contributed by atoms with van der Waals surface area (Å²) in [7, 11) is 0. The summed E-state index contributed by atoms with van der Waals surface area (Å²) in [6, 6.07) is 9.61. The Bertz CT molecular complexity index is 592. The van der Waals surface area contributed by atoms with Crippen molar-refractivity contribution >= 4 is 45.3 Å². The molecule has 0 amide bonds. The molecule has 0 aliphatic rings. The number of thiophene rings is 1. The molecule has 0 N–H and O–H groups in total. The SMILES string of the molecule is CCCC(=S)SCC(=O)c1ccc(-c2ccccn2)s1. The van der Waals surface area contributed by atoms with Crippen molar-refractivity contribution in [3.63, 3.8) is 0 Å². The van der Waals surface area contributed by atoms with Crippen LogP contribution in [0, 0.1) is 0 Å². The molecule has 2 aromatic rings. The Morgan fingerprint density at radius 2 is 2.20 bits per heavy atom. The first-order valence-corrected chi connectivity index (χ1v) is 8.62. The highest BCUT2D eigenvalue weighted by Crippen LogP contribution is 2.27. The van der Waals surface area contributed by atoms with Gasteiger partial charge in [0.1, 0.15) is 0 Å². The summed E-state index contributed by atoms with van der Waals surface area (Å²) in [5.74, 6) is 0.571. The molecule has 0 spiro atoms. The number of pyridine rings is 1. The fourth-order valence-corrected chi connectivity index (χ4v) is 3.82. The zero-order valence-corrected chi connectivity index (χ0v) is 13.6. The number of hydrogen-bond donors (Lipinski definition) is 0. The van der Waals surface area contributed by atoms with E-state index in [1.54, 1.807) is 6.20 Å². The maximum atomic E-state index is 12.1. The summed E-state index contributed by atoms with van der Waals surface area (Å²) in [5, 5.41) is 0. The van der Waals surface area contributed by atoms with Crippen molar-refractivity contribution in [1.29, 1.82) is 0 Å². The second kappa shape index (κ2) is 7.67. The standard InChI is InChI=1S/C15H15NOS3/c1-2-5-15(18)19-10-12(17)14-8-7-13(20-14)11-6-3-4-9-16-11/h3-4,6-9H,2,5,10H2,1H3. The van der Waals surface area contributed by atoms with Crippen LogP contribution in [0.25, 0.3) is 10.6 Å². The number of thiocarbonyl (C=S) groups is 1. The van der Waals surface area contributed by atoms with E-state index in [-0.39, 0.29) is 5.78 Å². The summed E-state index contributed by atoms with van der Waals surface area (Å²) in [4.78, 5) is 18.2. The van der Waals surface area contributed by atoms with E-state index in [1.165, 1.54) is 23.1 Å². The van der Waals surface area contributed by atoms with Gasteiger partial charge in [0.15, 0.2) is 5.78 Å². The molecule has 0 aliphatic heterocycles. The predicted octanol–water partition coefficient (Wildman–Crippen LogP) is 4.85. The Morgan fingerprint density at radius 1 is 1.35 bits per heavy atom. The van der Waals surface area contributed by atoms with Crippen molar-refractivity contribution in [3.05, 3.63) is 41.4 Å². The molecule has 0 fully saturated rings. The van der Waals surface area contributed by atoms with Gasteiger partial charge in [-0.2, -0.15) is 0 Å². The van der Waals surface area contributed by atoms with Crippen LogP contribution in [0.4, 0.5) is 0 Å². The number of hydrogen-bond acceptors (Lipinski definition) is 5. The van der Waals surface area contributed by atoms with E-state index in [2.05, 4.69) is 11.9 Å². The second-order valence-electron chi connectivity index (χ2n) is 4.21. The van der Waals surface area contributed by atoms with Gasteiger partial charge in [0.2, 0.25) is 0 Å². The van der Waals surface area contributed by atoms with Crippen LogP contribution in [0.1, 0.15) is 29.4 Å². The van der Waals surface area contributed by atoms with Crippen LogP contribution < -0.4 is 0 Å². The Labute approximate surface area is 132 Å². The summed E-state index contributed by atoms with van der Waals surface area (Å²) in [6.45, 7) is 2.09. The van der Waals surface area contributed by atoms with E-state index in [0.29, 0.717) is 5.75 Å². The highest BCUT2D eigenvalue weighted by atomic mass is 32.2. The first kappa shape index (κ1) is 15.4. The zero-order chi connectivity index (χ0) is 14.4. The monoisotopic (exact) mass is 321 g/mol.